The van der Waals surface area contributed by atoms with Gasteiger partial charge in [-0.2, -0.15) is 0 Å². The second-order valence-electron chi connectivity index (χ2n) is 7.58. The van der Waals surface area contributed by atoms with Crippen LogP contribution in [0.2, 0.25) is 0 Å². The van der Waals surface area contributed by atoms with Gasteiger partial charge in [-0.25, -0.2) is 4.98 Å². The molecule has 1 aliphatic heterocycles. The van der Waals surface area contributed by atoms with Gasteiger partial charge in [-0.15, -0.1) is 17.9 Å². The largest absolute Gasteiger partial charge is 0.497 e. The molecule has 0 N–H and O–H groups in total. The van der Waals surface area contributed by atoms with Crippen LogP contribution in [-0.2, 0) is 6.61 Å². The molecule has 7 heteroatoms. The first-order valence-electron chi connectivity index (χ1n) is 10.6. The minimum Gasteiger partial charge on any atom is -0.497 e. The molecule has 166 valence electrons. The first-order chi connectivity index (χ1) is 15.7. The summed E-state index contributed by atoms with van der Waals surface area (Å²) in [5.41, 5.74) is 2.53. The Bertz CT molecular complexity index is 1060. The van der Waals surface area contributed by atoms with Crippen molar-refractivity contribution in [2.24, 2.45) is 0 Å². The second kappa shape index (κ2) is 10.4. The number of methoxy groups -OCH3 is 1. The number of hydrogen-bond donors (Lipinski definition) is 0. The zero-order valence-electron chi connectivity index (χ0n) is 18.2. The quantitative estimate of drug-likeness (QED) is 0.479. The Kier molecular flexibility index (Phi) is 7.19. The summed E-state index contributed by atoms with van der Waals surface area (Å²) in [4.78, 5) is 21.6. The third kappa shape index (κ3) is 5.36. The van der Waals surface area contributed by atoms with Crippen LogP contribution >= 0.6 is 11.3 Å². The van der Waals surface area contributed by atoms with Crippen LogP contribution in [0.1, 0.15) is 16.1 Å². The van der Waals surface area contributed by atoms with Crippen molar-refractivity contribution in [3.8, 4) is 22.1 Å². The van der Waals surface area contributed by atoms with E-state index in [0.29, 0.717) is 12.3 Å². The standard InChI is InChI=1S/C25H27N3O3S/c1-3-11-27-12-14-28(15-13-27)25(29)23-18-32-24(26-23)20-7-9-21(10-8-20)31-17-19-5-4-6-22(16-19)30-2/h3-10,16,18H,1,11-15,17H2,2H3. The van der Waals surface area contributed by atoms with E-state index in [4.69, 9.17) is 9.47 Å². The molecule has 0 atom stereocenters. The van der Waals surface area contributed by atoms with Crippen LogP contribution in [0.25, 0.3) is 10.6 Å². The van der Waals surface area contributed by atoms with E-state index in [0.717, 1.165) is 60.4 Å². The van der Waals surface area contributed by atoms with Gasteiger partial charge in [0.15, 0.2) is 0 Å². The molecule has 2 heterocycles. The molecule has 0 bridgehead atoms. The molecule has 0 radical (unpaired) electrons. The zero-order chi connectivity index (χ0) is 22.3. The van der Waals surface area contributed by atoms with Crippen LogP contribution in [-0.4, -0.2) is 60.5 Å². The van der Waals surface area contributed by atoms with E-state index < -0.39 is 0 Å². The summed E-state index contributed by atoms with van der Waals surface area (Å²) in [6.07, 6.45) is 1.90. The van der Waals surface area contributed by atoms with Gasteiger partial charge in [0.1, 0.15) is 28.8 Å². The Morgan fingerprint density at radius 2 is 1.91 bits per heavy atom. The van der Waals surface area contributed by atoms with Crippen molar-refractivity contribution in [1.82, 2.24) is 14.8 Å². The number of aromatic nitrogens is 1. The molecular weight excluding hydrogens is 422 g/mol. The smallest absolute Gasteiger partial charge is 0.273 e. The summed E-state index contributed by atoms with van der Waals surface area (Å²) in [7, 11) is 1.65. The van der Waals surface area contributed by atoms with Crippen molar-refractivity contribution in [1.29, 1.82) is 0 Å². The highest BCUT2D eigenvalue weighted by Gasteiger charge is 2.23. The lowest BCUT2D eigenvalue weighted by Gasteiger charge is -2.33. The highest BCUT2D eigenvalue weighted by molar-refractivity contribution is 7.13. The van der Waals surface area contributed by atoms with Crippen LogP contribution in [0.15, 0.2) is 66.6 Å². The molecule has 1 fully saturated rings. The molecule has 0 saturated carbocycles. The van der Waals surface area contributed by atoms with Crippen molar-refractivity contribution in [3.63, 3.8) is 0 Å². The van der Waals surface area contributed by atoms with Gasteiger partial charge in [-0.1, -0.05) is 18.2 Å². The number of benzene rings is 2. The molecule has 1 amide bonds. The van der Waals surface area contributed by atoms with Crippen molar-refractivity contribution in [2.45, 2.75) is 6.61 Å². The molecule has 4 rings (SSSR count). The van der Waals surface area contributed by atoms with Gasteiger partial charge >= 0.3 is 0 Å². The van der Waals surface area contributed by atoms with E-state index in [2.05, 4.69) is 16.5 Å². The fourth-order valence-electron chi connectivity index (χ4n) is 3.61. The number of rotatable bonds is 8. The van der Waals surface area contributed by atoms with E-state index in [9.17, 15) is 4.79 Å². The topological polar surface area (TPSA) is 54.9 Å². The van der Waals surface area contributed by atoms with Crippen LogP contribution < -0.4 is 9.47 Å². The Morgan fingerprint density at radius 1 is 1.12 bits per heavy atom. The minimum atomic E-state index is 0.00370. The second-order valence-corrected chi connectivity index (χ2v) is 8.44. The van der Waals surface area contributed by atoms with Crippen LogP contribution in [0.5, 0.6) is 11.5 Å². The lowest BCUT2D eigenvalue weighted by molar-refractivity contribution is 0.0645. The Balaban J connectivity index is 1.34. The molecule has 6 nitrogen and oxygen atoms in total. The lowest BCUT2D eigenvalue weighted by atomic mass is 10.2. The highest BCUT2D eigenvalue weighted by Crippen LogP contribution is 2.27. The molecule has 1 aliphatic rings. The van der Waals surface area contributed by atoms with Crippen molar-refractivity contribution in [2.75, 3.05) is 39.8 Å². The van der Waals surface area contributed by atoms with Crippen molar-refractivity contribution in [3.05, 3.63) is 77.8 Å². The number of ether oxygens (including phenoxy) is 2. The normalized spacial score (nSPS) is 14.2. The predicted molar refractivity (Wildman–Crippen MR) is 127 cm³/mol. The molecule has 2 aromatic carbocycles. The average molecular weight is 450 g/mol. The number of amides is 1. The number of piperazine rings is 1. The number of carbonyl (C=O) groups excluding carboxylic acids is 1. The first-order valence-corrected chi connectivity index (χ1v) is 11.5. The van der Waals surface area contributed by atoms with Gasteiger partial charge in [0.25, 0.3) is 5.91 Å². The van der Waals surface area contributed by atoms with Crippen LogP contribution in [0.3, 0.4) is 0 Å². The van der Waals surface area contributed by atoms with Crippen molar-refractivity contribution >= 4 is 17.2 Å². The zero-order valence-corrected chi connectivity index (χ0v) is 19.0. The highest BCUT2D eigenvalue weighted by atomic mass is 32.1. The number of carbonyl (C=O) groups is 1. The Labute approximate surface area is 192 Å². The van der Waals surface area contributed by atoms with Gasteiger partial charge < -0.3 is 14.4 Å². The average Bonchev–Trinajstić information content (AvgIpc) is 3.34. The van der Waals surface area contributed by atoms with Gasteiger partial charge in [0, 0.05) is 43.7 Å². The van der Waals surface area contributed by atoms with Gasteiger partial charge in [-0.05, 0) is 42.0 Å². The Morgan fingerprint density at radius 3 is 2.62 bits per heavy atom. The van der Waals surface area contributed by atoms with Crippen molar-refractivity contribution < 1.29 is 14.3 Å². The van der Waals surface area contributed by atoms with E-state index in [-0.39, 0.29) is 5.91 Å². The molecule has 3 aromatic rings. The first kappa shape index (κ1) is 22.0. The molecule has 1 saturated heterocycles. The number of nitrogens with zero attached hydrogens (tertiary/aromatic N) is 3. The fraction of sp³-hybridized carbons (Fsp3) is 0.280. The van der Waals surface area contributed by atoms with Crippen LogP contribution in [0, 0.1) is 0 Å². The SMILES string of the molecule is C=CCN1CCN(C(=O)c2csc(-c3ccc(OCc4cccc(OC)c4)cc3)n2)CC1. The van der Waals surface area contributed by atoms with Crippen LogP contribution in [0.4, 0.5) is 0 Å². The summed E-state index contributed by atoms with van der Waals surface area (Å²) in [5, 5.41) is 2.68. The molecule has 0 unspecified atom stereocenters. The lowest BCUT2D eigenvalue weighted by Crippen LogP contribution is -2.48. The van der Waals surface area contributed by atoms with Gasteiger partial charge in [0.2, 0.25) is 0 Å². The summed E-state index contributed by atoms with van der Waals surface area (Å²) >= 11 is 1.49. The maximum atomic E-state index is 12.8. The Hall–Kier alpha value is -3.16. The van der Waals surface area contributed by atoms with Gasteiger partial charge in [-0.3, -0.25) is 9.69 Å². The molecule has 0 spiro atoms. The monoisotopic (exact) mass is 449 g/mol. The molecule has 32 heavy (non-hydrogen) atoms. The van der Waals surface area contributed by atoms with E-state index in [1.54, 1.807) is 7.11 Å². The summed E-state index contributed by atoms with van der Waals surface area (Å²) < 4.78 is 11.1. The van der Waals surface area contributed by atoms with E-state index in [1.807, 2.05) is 64.9 Å². The summed E-state index contributed by atoms with van der Waals surface area (Å²) in [6.45, 7) is 8.28. The summed E-state index contributed by atoms with van der Waals surface area (Å²) in [5.74, 6) is 1.60. The number of thiazole rings is 1. The van der Waals surface area contributed by atoms with Gasteiger partial charge in [0.05, 0.1) is 7.11 Å². The third-order valence-electron chi connectivity index (χ3n) is 5.41. The maximum absolute atomic E-state index is 12.8. The summed E-state index contributed by atoms with van der Waals surface area (Å²) in [6, 6.07) is 15.6. The maximum Gasteiger partial charge on any atom is 0.273 e. The fourth-order valence-corrected chi connectivity index (χ4v) is 4.41. The molecule has 0 aliphatic carbocycles. The molecular formula is C25H27N3O3S. The minimum absolute atomic E-state index is 0.00370. The molecule has 1 aromatic heterocycles. The third-order valence-corrected chi connectivity index (χ3v) is 6.30. The van der Waals surface area contributed by atoms with E-state index >= 15 is 0 Å². The van der Waals surface area contributed by atoms with E-state index in [1.165, 1.54) is 11.3 Å². The predicted octanol–water partition coefficient (Wildman–Crippen LogP) is 4.34. The number of hydrogen-bond acceptors (Lipinski definition) is 6.